The van der Waals surface area contributed by atoms with Gasteiger partial charge in [0.15, 0.2) is 6.29 Å². The standard InChI is InChI=1S/C14H19NO/c1-5-8-15(11(2)3)14-7-6-12(4)9-13(14)10-16/h5-7,9-11H,1,8H2,2-4H3. The molecule has 0 radical (unpaired) electrons. The van der Waals surface area contributed by atoms with Gasteiger partial charge >= 0.3 is 0 Å². The first-order valence-corrected chi connectivity index (χ1v) is 5.53. The van der Waals surface area contributed by atoms with Crippen molar-refractivity contribution in [1.82, 2.24) is 0 Å². The zero-order chi connectivity index (χ0) is 12.1. The van der Waals surface area contributed by atoms with Gasteiger partial charge in [0.05, 0.1) is 0 Å². The van der Waals surface area contributed by atoms with Crippen LogP contribution in [0.5, 0.6) is 0 Å². The summed E-state index contributed by atoms with van der Waals surface area (Å²) in [6, 6.07) is 6.30. The Labute approximate surface area is 97.6 Å². The molecule has 0 heterocycles. The van der Waals surface area contributed by atoms with Gasteiger partial charge in [0.25, 0.3) is 0 Å². The van der Waals surface area contributed by atoms with Crippen LogP contribution in [0.3, 0.4) is 0 Å². The molecule has 2 heteroatoms. The van der Waals surface area contributed by atoms with Crippen LogP contribution in [-0.4, -0.2) is 18.9 Å². The third-order valence-corrected chi connectivity index (χ3v) is 2.57. The molecule has 0 atom stereocenters. The summed E-state index contributed by atoms with van der Waals surface area (Å²) in [6.45, 7) is 10.7. The molecule has 0 bridgehead atoms. The fourth-order valence-electron chi connectivity index (χ4n) is 1.76. The molecule has 2 nitrogen and oxygen atoms in total. The lowest BCUT2D eigenvalue weighted by Crippen LogP contribution is -2.31. The molecule has 16 heavy (non-hydrogen) atoms. The SMILES string of the molecule is C=CCN(c1ccc(C)cc1C=O)C(C)C. The van der Waals surface area contributed by atoms with Crippen LogP contribution in [0.15, 0.2) is 30.9 Å². The first-order valence-electron chi connectivity index (χ1n) is 5.53. The van der Waals surface area contributed by atoms with Crippen molar-refractivity contribution >= 4 is 12.0 Å². The summed E-state index contributed by atoms with van der Waals surface area (Å²) in [4.78, 5) is 13.2. The van der Waals surface area contributed by atoms with Gasteiger partial charge in [-0.15, -0.1) is 6.58 Å². The molecule has 0 fully saturated rings. The Morgan fingerprint density at radius 1 is 1.44 bits per heavy atom. The molecule has 0 N–H and O–H groups in total. The van der Waals surface area contributed by atoms with E-state index in [4.69, 9.17) is 0 Å². The van der Waals surface area contributed by atoms with E-state index in [9.17, 15) is 4.79 Å². The van der Waals surface area contributed by atoms with Gasteiger partial charge in [-0.05, 0) is 32.9 Å². The summed E-state index contributed by atoms with van der Waals surface area (Å²) in [5, 5.41) is 0. The number of benzene rings is 1. The molecule has 1 aromatic carbocycles. The second-order valence-electron chi connectivity index (χ2n) is 4.21. The third-order valence-electron chi connectivity index (χ3n) is 2.57. The van der Waals surface area contributed by atoms with E-state index in [1.807, 2.05) is 31.2 Å². The second kappa shape index (κ2) is 5.50. The Balaban J connectivity index is 3.17. The Morgan fingerprint density at radius 2 is 2.12 bits per heavy atom. The quantitative estimate of drug-likeness (QED) is 0.557. The van der Waals surface area contributed by atoms with Crippen LogP contribution in [0.4, 0.5) is 5.69 Å². The summed E-state index contributed by atoms with van der Waals surface area (Å²) >= 11 is 0. The maximum absolute atomic E-state index is 11.1. The second-order valence-corrected chi connectivity index (χ2v) is 4.21. The smallest absolute Gasteiger partial charge is 0.152 e. The Hall–Kier alpha value is -1.57. The van der Waals surface area contributed by atoms with Crippen molar-refractivity contribution in [3.05, 3.63) is 42.0 Å². The largest absolute Gasteiger partial charge is 0.365 e. The summed E-state index contributed by atoms with van der Waals surface area (Å²) < 4.78 is 0. The minimum atomic E-state index is 0.347. The van der Waals surface area contributed by atoms with E-state index in [1.54, 1.807) is 0 Å². The normalized spacial score (nSPS) is 10.2. The minimum Gasteiger partial charge on any atom is -0.365 e. The van der Waals surface area contributed by atoms with E-state index in [0.717, 1.165) is 29.6 Å². The molecule has 0 aromatic heterocycles. The maximum Gasteiger partial charge on any atom is 0.152 e. The van der Waals surface area contributed by atoms with Gasteiger partial charge in [-0.3, -0.25) is 4.79 Å². The number of aldehydes is 1. The highest BCUT2D eigenvalue weighted by Crippen LogP contribution is 2.22. The van der Waals surface area contributed by atoms with Crippen LogP contribution in [0.1, 0.15) is 29.8 Å². The number of aryl methyl sites for hydroxylation is 1. The number of carbonyl (C=O) groups is 1. The summed E-state index contributed by atoms with van der Waals surface area (Å²) in [5.41, 5.74) is 2.83. The third kappa shape index (κ3) is 2.72. The van der Waals surface area contributed by atoms with Crippen LogP contribution >= 0.6 is 0 Å². The van der Waals surface area contributed by atoms with Crippen molar-refractivity contribution in [2.24, 2.45) is 0 Å². The molecule has 1 rings (SSSR count). The molecule has 0 aliphatic rings. The fourth-order valence-corrected chi connectivity index (χ4v) is 1.76. The van der Waals surface area contributed by atoms with Crippen molar-refractivity contribution in [1.29, 1.82) is 0 Å². The van der Waals surface area contributed by atoms with Gasteiger partial charge < -0.3 is 4.90 Å². The van der Waals surface area contributed by atoms with E-state index in [-0.39, 0.29) is 0 Å². The highest BCUT2D eigenvalue weighted by Gasteiger charge is 2.12. The molecule has 86 valence electrons. The molecule has 0 saturated heterocycles. The number of carbonyl (C=O) groups excluding carboxylic acids is 1. The van der Waals surface area contributed by atoms with Gasteiger partial charge in [0, 0.05) is 23.8 Å². The number of hydrogen-bond acceptors (Lipinski definition) is 2. The van der Waals surface area contributed by atoms with E-state index in [1.165, 1.54) is 0 Å². The number of hydrogen-bond donors (Lipinski definition) is 0. The lowest BCUT2D eigenvalue weighted by atomic mass is 10.1. The van der Waals surface area contributed by atoms with Gasteiger partial charge in [0.1, 0.15) is 0 Å². The van der Waals surface area contributed by atoms with Crippen LogP contribution in [-0.2, 0) is 0 Å². The summed E-state index contributed by atoms with van der Waals surface area (Å²) in [5.74, 6) is 0. The molecular formula is C14H19NO. The molecule has 0 aliphatic carbocycles. The average Bonchev–Trinajstić information content (AvgIpc) is 2.26. The summed E-state index contributed by atoms with van der Waals surface area (Å²) in [6.07, 6.45) is 2.77. The molecule has 0 saturated carbocycles. The Kier molecular flexibility index (Phi) is 4.29. The lowest BCUT2D eigenvalue weighted by Gasteiger charge is -2.29. The first kappa shape index (κ1) is 12.5. The zero-order valence-corrected chi connectivity index (χ0v) is 10.2. The van der Waals surface area contributed by atoms with Gasteiger partial charge in [-0.2, -0.15) is 0 Å². The van der Waals surface area contributed by atoms with Gasteiger partial charge in [-0.1, -0.05) is 17.7 Å². The molecule has 1 aromatic rings. The zero-order valence-electron chi connectivity index (χ0n) is 10.2. The fraction of sp³-hybridized carbons (Fsp3) is 0.357. The van der Waals surface area contributed by atoms with E-state index < -0.39 is 0 Å². The highest BCUT2D eigenvalue weighted by molar-refractivity contribution is 5.85. The maximum atomic E-state index is 11.1. The minimum absolute atomic E-state index is 0.347. The van der Waals surface area contributed by atoms with E-state index in [0.29, 0.717) is 6.04 Å². The van der Waals surface area contributed by atoms with Crippen LogP contribution in [0.25, 0.3) is 0 Å². The van der Waals surface area contributed by atoms with Crippen molar-refractivity contribution in [2.75, 3.05) is 11.4 Å². The van der Waals surface area contributed by atoms with Crippen LogP contribution < -0.4 is 4.90 Å². The van der Waals surface area contributed by atoms with Gasteiger partial charge in [-0.25, -0.2) is 0 Å². The van der Waals surface area contributed by atoms with Crippen molar-refractivity contribution < 1.29 is 4.79 Å². The lowest BCUT2D eigenvalue weighted by molar-refractivity contribution is 0.112. The monoisotopic (exact) mass is 217 g/mol. The number of rotatable bonds is 5. The molecular weight excluding hydrogens is 198 g/mol. The molecule has 0 aliphatic heterocycles. The molecule has 0 amide bonds. The van der Waals surface area contributed by atoms with Crippen LogP contribution in [0, 0.1) is 6.92 Å². The van der Waals surface area contributed by atoms with E-state index in [2.05, 4.69) is 25.3 Å². The topological polar surface area (TPSA) is 20.3 Å². The predicted octanol–water partition coefficient (Wildman–Crippen LogP) is 3.21. The number of nitrogens with zero attached hydrogens (tertiary/aromatic N) is 1. The predicted molar refractivity (Wildman–Crippen MR) is 69.2 cm³/mol. The molecule has 0 unspecified atom stereocenters. The van der Waals surface area contributed by atoms with Crippen molar-refractivity contribution in [3.8, 4) is 0 Å². The Morgan fingerprint density at radius 3 is 2.62 bits per heavy atom. The van der Waals surface area contributed by atoms with Crippen molar-refractivity contribution in [2.45, 2.75) is 26.8 Å². The Bertz CT molecular complexity index is 382. The van der Waals surface area contributed by atoms with Gasteiger partial charge in [0.2, 0.25) is 0 Å². The van der Waals surface area contributed by atoms with Crippen molar-refractivity contribution in [3.63, 3.8) is 0 Å². The number of anilines is 1. The highest BCUT2D eigenvalue weighted by atomic mass is 16.1. The van der Waals surface area contributed by atoms with Crippen LogP contribution in [0.2, 0.25) is 0 Å². The summed E-state index contributed by atoms with van der Waals surface area (Å²) in [7, 11) is 0. The van der Waals surface area contributed by atoms with E-state index >= 15 is 0 Å². The average molecular weight is 217 g/mol. The molecule has 0 spiro atoms. The first-order chi connectivity index (χ1) is 7.60.